The minimum absolute atomic E-state index is 0.0311. The standard InChI is InChI=1S/C18H21ClFN3O3/c1-10-8-13(19)14(20)9-12(10)11-4-6-23(7-5-11)16(24)3-2-15-17(25)22-18(26)21-15/h8-9,11,15H,2-7H2,1H3,(H2,21,22,25,26)/t15-/m1/s1. The van der Waals surface area contributed by atoms with Crippen LogP contribution in [-0.2, 0) is 9.59 Å². The third kappa shape index (κ3) is 3.98. The molecule has 2 N–H and O–H groups in total. The van der Waals surface area contributed by atoms with E-state index < -0.39 is 17.9 Å². The number of imide groups is 1. The second kappa shape index (κ2) is 7.61. The number of piperidine rings is 1. The van der Waals surface area contributed by atoms with Gasteiger partial charge >= 0.3 is 6.03 Å². The fourth-order valence-electron chi connectivity index (χ4n) is 3.63. The molecule has 2 heterocycles. The summed E-state index contributed by atoms with van der Waals surface area (Å²) in [5.74, 6) is -0.633. The van der Waals surface area contributed by atoms with Gasteiger partial charge < -0.3 is 10.2 Å². The Bertz CT molecular complexity index is 747. The van der Waals surface area contributed by atoms with Gasteiger partial charge in [-0.25, -0.2) is 9.18 Å². The summed E-state index contributed by atoms with van der Waals surface area (Å²) in [4.78, 5) is 36.7. The molecule has 2 aliphatic rings. The molecule has 1 aromatic rings. The van der Waals surface area contributed by atoms with Crippen LogP contribution in [0, 0.1) is 12.7 Å². The Labute approximate surface area is 156 Å². The predicted molar refractivity (Wildman–Crippen MR) is 94.4 cm³/mol. The van der Waals surface area contributed by atoms with Crippen molar-refractivity contribution in [1.82, 2.24) is 15.5 Å². The summed E-state index contributed by atoms with van der Waals surface area (Å²) in [5, 5.41) is 4.77. The largest absolute Gasteiger partial charge is 0.343 e. The van der Waals surface area contributed by atoms with Gasteiger partial charge in [0.25, 0.3) is 5.91 Å². The van der Waals surface area contributed by atoms with Gasteiger partial charge in [-0.2, -0.15) is 0 Å². The zero-order valence-corrected chi connectivity index (χ0v) is 15.2. The SMILES string of the molecule is Cc1cc(Cl)c(F)cc1C1CCN(C(=O)CC[C@H]2NC(=O)NC2=O)CC1. The first kappa shape index (κ1) is 18.6. The van der Waals surface area contributed by atoms with Crippen molar-refractivity contribution in [2.75, 3.05) is 13.1 Å². The number of aryl methyl sites for hydroxylation is 1. The number of rotatable bonds is 4. The van der Waals surface area contributed by atoms with Crippen molar-refractivity contribution in [3.8, 4) is 0 Å². The average molecular weight is 382 g/mol. The number of hydrogen-bond acceptors (Lipinski definition) is 3. The van der Waals surface area contributed by atoms with Crippen LogP contribution in [0.4, 0.5) is 9.18 Å². The number of carbonyl (C=O) groups is 3. The minimum Gasteiger partial charge on any atom is -0.343 e. The molecule has 2 saturated heterocycles. The van der Waals surface area contributed by atoms with Crippen LogP contribution in [0.25, 0.3) is 0 Å². The van der Waals surface area contributed by atoms with E-state index in [4.69, 9.17) is 11.6 Å². The Balaban J connectivity index is 1.52. The molecule has 0 spiro atoms. The van der Waals surface area contributed by atoms with Crippen LogP contribution in [0.15, 0.2) is 12.1 Å². The second-order valence-electron chi connectivity index (χ2n) is 6.83. The van der Waals surface area contributed by atoms with E-state index in [0.29, 0.717) is 13.1 Å². The molecule has 4 amide bonds. The van der Waals surface area contributed by atoms with Crippen molar-refractivity contribution in [1.29, 1.82) is 0 Å². The summed E-state index contributed by atoms with van der Waals surface area (Å²) < 4.78 is 13.8. The van der Waals surface area contributed by atoms with Crippen LogP contribution < -0.4 is 10.6 Å². The van der Waals surface area contributed by atoms with Crippen LogP contribution in [-0.4, -0.2) is 41.9 Å². The van der Waals surface area contributed by atoms with E-state index in [0.717, 1.165) is 24.0 Å². The van der Waals surface area contributed by atoms with E-state index in [9.17, 15) is 18.8 Å². The maximum absolute atomic E-state index is 13.8. The molecule has 1 aromatic carbocycles. The number of carbonyl (C=O) groups excluding carboxylic acids is 3. The summed E-state index contributed by atoms with van der Waals surface area (Å²) in [7, 11) is 0. The first-order chi connectivity index (χ1) is 12.3. The number of benzene rings is 1. The number of amides is 4. The molecule has 2 fully saturated rings. The van der Waals surface area contributed by atoms with Crippen LogP contribution in [0.5, 0.6) is 0 Å². The minimum atomic E-state index is -0.635. The molecule has 1 atom stereocenters. The van der Waals surface area contributed by atoms with Crippen molar-refractivity contribution >= 4 is 29.4 Å². The van der Waals surface area contributed by atoms with Crippen LogP contribution in [0.1, 0.15) is 42.7 Å². The molecule has 8 heteroatoms. The zero-order valence-electron chi connectivity index (χ0n) is 14.5. The lowest BCUT2D eigenvalue weighted by Crippen LogP contribution is -2.39. The Morgan fingerprint density at radius 1 is 1.31 bits per heavy atom. The molecule has 0 radical (unpaired) electrons. The van der Waals surface area contributed by atoms with E-state index in [1.165, 1.54) is 6.07 Å². The maximum atomic E-state index is 13.8. The lowest BCUT2D eigenvalue weighted by Gasteiger charge is -2.33. The number of likely N-dealkylation sites (tertiary alicyclic amines) is 1. The number of nitrogens with zero attached hydrogens (tertiary/aromatic N) is 1. The number of nitrogens with one attached hydrogen (secondary N) is 2. The average Bonchev–Trinajstić information content (AvgIpc) is 2.93. The predicted octanol–water partition coefficient (Wildman–Crippen LogP) is 2.48. The van der Waals surface area contributed by atoms with Crippen LogP contribution in [0.2, 0.25) is 5.02 Å². The number of urea groups is 1. The molecular formula is C18H21ClFN3O3. The quantitative estimate of drug-likeness (QED) is 0.786. The third-order valence-electron chi connectivity index (χ3n) is 5.10. The van der Waals surface area contributed by atoms with E-state index >= 15 is 0 Å². The van der Waals surface area contributed by atoms with Gasteiger partial charge in [0, 0.05) is 19.5 Å². The molecule has 2 aliphatic heterocycles. The summed E-state index contributed by atoms with van der Waals surface area (Å²) >= 11 is 5.81. The summed E-state index contributed by atoms with van der Waals surface area (Å²) in [6.45, 7) is 3.10. The van der Waals surface area contributed by atoms with Gasteiger partial charge in [0.2, 0.25) is 5.91 Å². The van der Waals surface area contributed by atoms with Gasteiger partial charge in [-0.3, -0.25) is 14.9 Å². The molecule has 140 valence electrons. The van der Waals surface area contributed by atoms with Gasteiger partial charge in [0.05, 0.1) is 5.02 Å². The molecule has 0 bridgehead atoms. The smallest absolute Gasteiger partial charge is 0.322 e. The highest BCUT2D eigenvalue weighted by atomic mass is 35.5. The number of hydrogen-bond donors (Lipinski definition) is 2. The molecule has 0 unspecified atom stereocenters. The lowest BCUT2D eigenvalue weighted by molar-refractivity contribution is -0.132. The molecule has 0 saturated carbocycles. The Morgan fingerprint density at radius 3 is 2.62 bits per heavy atom. The second-order valence-corrected chi connectivity index (χ2v) is 7.24. The maximum Gasteiger partial charge on any atom is 0.322 e. The van der Waals surface area contributed by atoms with E-state index in [1.807, 2.05) is 6.92 Å². The normalized spacial score (nSPS) is 20.9. The van der Waals surface area contributed by atoms with Crippen molar-refractivity contribution in [2.24, 2.45) is 0 Å². The van der Waals surface area contributed by atoms with E-state index in [1.54, 1.807) is 11.0 Å². The third-order valence-corrected chi connectivity index (χ3v) is 5.39. The van der Waals surface area contributed by atoms with Gasteiger partial charge in [0.1, 0.15) is 11.9 Å². The summed E-state index contributed by atoms with van der Waals surface area (Å²) in [5.41, 5.74) is 1.91. The van der Waals surface area contributed by atoms with E-state index in [2.05, 4.69) is 10.6 Å². The van der Waals surface area contributed by atoms with Gasteiger partial charge in [-0.15, -0.1) is 0 Å². The lowest BCUT2D eigenvalue weighted by atomic mass is 9.86. The van der Waals surface area contributed by atoms with Gasteiger partial charge in [-0.05, 0) is 55.4 Å². The molecular weight excluding hydrogens is 361 g/mol. The molecule has 0 aromatic heterocycles. The number of halogens is 2. The van der Waals surface area contributed by atoms with E-state index in [-0.39, 0.29) is 35.6 Å². The van der Waals surface area contributed by atoms with Crippen molar-refractivity contribution in [3.63, 3.8) is 0 Å². The fraction of sp³-hybridized carbons (Fsp3) is 0.500. The zero-order chi connectivity index (χ0) is 18.8. The topological polar surface area (TPSA) is 78.5 Å². The highest BCUT2D eigenvalue weighted by Crippen LogP contribution is 2.33. The highest BCUT2D eigenvalue weighted by molar-refractivity contribution is 6.30. The monoisotopic (exact) mass is 381 g/mol. The molecule has 3 rings (SSSR count). The van der Waals surface area contributed by atoms with Crippen molar-refractivity contribution in [3.05, 3.63) is 34.1 Å². The van der Waals surface area contributed by atoms with Gasteiger partial charge in [0.15, 0.2) is 0 Å². The summed E-state index contributed by atoms with van der Waals surface area (Å²) in [6.07, 6.45) is 2.01. The first-order valence-corrected chi connectivity index (χ1v) is 9.07. The molecule has 26 heavy (non-hydrogen) atoms. The molecule has 0 aliphatic carbocycles. The first-order valence-electron chi connectivity index (χ1n) is 8.70. The molecule has 6 nitrogen and oxygen atoms in total. The Kier molecular flexibility index (Phi) is 5.46. The van der Waals surface area contributed by atoms with Crippen LogP contribution >= 0.6 is 11.6 Å². The fourth-order valence-corrected chi connectivity index (χ4v) is 3.85. The van der Waals surface area contributed by atoms with Crippen LogP contribution in [0.3, 0.4) is 0 Å². The van der Waals surface area contributed by atoms with Gasteiger partial charge in [-0.1, -0.05) is 11.6 Å². The summed E-state index contributed by atoms with van der Waals surface area (Å²) in [6, 6.07) is 1.99. The van der Waals surface area contributed by atoms with Crippen molar-refractivity contribution in [2.45, 2.75) is 44.6 Å². The highest BCUT2D eigenvalue weighted by Gasteiger charge is 2.31. The van der Waals surface area contributed by atoms with Crippen molar-refractivity contribution < 1.29 is 18.8 Å². The Morgan fingerprint density at radius 2 is 2.00 bits per heavy atom. The Hall–Kier alpha value is -2.15.